The Balaban J connectivity index is 2.50. The first-order valence-electron chi connectivity index (χ1n) is 6.74. The third-order valence-electron chi connectivity index (χ3n) is 2.87. The predicted octanol–water partition coefficient (Wildman–Crippen LogP) is 1.36. The normalized spacial score (nSPS) is 21.6. The Kier molecular flexibility index (Phi) is 5.88. The van der Waals surface area contributed by atoms with E-state index < -0.39 is 5.60 Å². The summed E-state index contributed by atoms with van der Waals surface area (Å²) in [5.74, 6) is 0. The lowest BCUT2D eigenvalue weighted by atomic mass is 10.1. The Morgan fingerprint density at radius 2 is 2.17 bits per heavy atom. The van der Waals surface area contributed by atoms with E-state index in [-0.39, 0.29) is 18.7 Å². The van der Waals surface area contributed by atoms with E-state index in [1.54, 1.807) is 4.90 Å². The molecule has 5 heteroatoms. The van der Waals surface area contributed by atoms with Crippen molar-refractivity contribution in [2.45, 2.75) is 51.7 Å². The van der Waals surface area contributed by atoms with Crippen LogP contribution in [-0.2, 0) is 4.74 Å². The summed E-state index contributed by atoms with van der Waals surface area (Å²) in [6.07, 6.45) is 2.92. The van der Waals surface area contributed by atoms with E-state index in [0.717, 1.165) is 25.8 Å². The number of aliphatic hydroxyl groups excluding tert-OH is 1. The largest absolute Gasteiger partial charge is 0.444 e. The number of hydrogen-bond donors (Lipinski definition) is 2. The molecule has 0 aromatic carbocycles. The molecule has 0 aromatic heterocycles. The van der Waals surface area contributed by atoms with E-state index in [4.69, 9.17) is 9.84 Å². The summed E-state index contributed by atoms with van der Waals surface area (Å²) in [5.41, 5.74) is -0.447. The molecule has 0 aliphatic carbocycles. The van der Waals surface area contributed by atoms with Gasteiger partial charge in [-0.2, -0.15) is 0 Å². The fourth-order valence-electron chi connectivity index (χ4n) is 2.07. The van der Waals surface area contributed by atoms with E-state index in [1.165, 1.54) is 0 Å². The maximum Gasteiger partial charge on any atom is 0.410 e. The summed E-state index contributed by atoms with van der Waals surface area (Å²) in [6, 6.07) is 0.257. The lowest BCUT2D eigenvalue weighted by molar-refractivity contribution is 0.0243. The average molecular weight is 258 g/mol. The number of rotatable bonds is 3. The van der Waals surface area contributed by atoms with E-state index in [2.05, 4.69) is 5.32 Å². The SMILES string of the molecule is CC(C)(C)OC(=O)N1CCCCC(NCCO)C1. The molecule has 18 heavy (non-hydrogen) atoms. The third kappa shape index (κ3) is 5.69. The molecular formula is C13H26N2O3. The molecular weight excluding hydrogens is 232 g/mol. The molecule has 1 saturated heterocycles. The second-order valence-electron chi connectivity index (χ2n) is 5.80. The Labute approximate surface area is 109 Å². The highest BCUT2D eigenvalue weighted by Gasteiger charge is 2.25. The van der Waals surface area contributed by atoms with Crippen molar-refractivity contribution in [1.29, 1.82) is 0 Å². The maximum absolute atomic E-state index is 12.0. The molecule has 0 bridgehead atoms. The van der Waals surface area contributed by atoms with Crippen LogP contribution in [-0.4, -0.2) is 54.0 Å². The molecule has 1 heterocycles. The fourth-order valence-corrected chi connectivity index (χ4v) is 2.07. The van der Waals surface area contributed by atoms with Gasteiger partial charge in [0.15, 0.2) is 0 Å². The highest BCUT2D eigenvalue weighted by Crippen LogP contribution is 2.15. The van der Waals surface area contributed by atoms with Gasteiger partial charge in [0.2, 0.25) is 0 Å². The van der Waals surface area contributed by atoms with Gasteiger partial charge in [0, 0.05) is 25.7 Å². The molecule has 5 nitrogen and oxygen atoms in total. The van der Waals surface area contributed by atoms with Crippen LogP contribution in [0.15, 0.2) is 0 Å². The summed E-state index contributed by atoms with van der Waals surface area (Å²) in [7, 11) is 0. The molecule has 0 radical (unpaired) electrons. The standard InChI is InChI=1S/C13H26N2O3/c1-13(2,3)18-12(17)15-8-5-4-6-11(10-15)14-7-9-16/h11,14,16H,4-10H2,1-3H3. The number of aliphatic hydroxyl groups is 1. The topological polar surface area (TPSA) is 61.8 Å². The molecule has 1 fully saturated rings. The van der Waals surface area contributed by atoms with Crippen LogP contribution in [0.4, 0.5) is 4.79 Å². The quantitative estimate of drug-likeness (QED) is 0.802. The molecule has 2 N–H and O–H groups in total. The van der Waals surface area contributed by atoms with E-state index in [0.29, 0.717) is 13.1 Å². The monoisotopic (exact) mass is 258 g/mol. The Bertz CT molecular complexity index is 263. The third-order valence-corrected chi connectivity index (χ3v) is 2.87. The van der Waals surface area contributed by atoms with Crippen LogP contribution in [0.3, 0.4) is 0 Å². The zero-order chi connectivity index (χ0) is 13.6. The maximum atomic E-state index is 12.0. The zero-order valence-electron chi connectivity index (χ0n) is 11.7. The zero-order valence-corrected chi connectivity index (χ0v) is 11.7. The number of hydrogen-bond acceptors (Lipinski definition) is 4. The lowest BCUT2D eigenvalue weighted by Crippen LogP contribution is -2.45. The Hall–Kier alpha value is -0.810. The molecule has 1 unspecified atom stereocenters. The molecule has 0 saturated carbocycles. The van der Waals surface area contributed by atoms with Crippen LogP contribution < -0.4 is 5.32 Å². The van der Waals surface area contributed by atoms with Gasteiger partial charge in [0.1, 0.15) is 5.60 Å². The van der Waals surface area contributed by atoms with Gasteiger partial charge in [-0.25, -0.2) is 4.79 Å². The van der Waals surface area contributed by atoms with Gasteiger partial charge in [-0.1, -0.05) is 6.42 Å². The summed E-state index contributed by atoms with van der Waals surface area (Å²) in [4.78, 5) is 13.8. The number of ether oxygens (including phenoxy) is 1. The number of carbonyl (C=O) groups excluding carboxylic acids is 1. The summed E-state index contributed by atoms with van der Waals surface area (Å²) in [6.45, 7) is 7.76. The van der Waals surface area contributed by atoms with Crippen molar-refractivity contribution >= 4 is 6.09 Å². The number of carbonyl (C=O) groups is 1. The number of nitrogens with one attached hydrogen (secondary N) is 1. The van der Waals surface area contributed by atoms with Crippen molar-refractivity contribution in [3.63, 3.8) is 0 Å². The first-order chi connectivity index (χ1) is 8.42. The summed E-state index contributed by atoms with van der Waals surface area (Å²) >= 11 is 0. The van der Waals surface area contributed by atoms with Gasteiger partial charge in [-0.15, -0.1) is 0 Å². The van der Waals surface area contributed by atoms with Crippen molar-refractivity contribution < 1.29 is 14.6 Å². The van der Waals surface area contributed by atoms with Crippen LogP contribution in [0.2, 0.25) is 0 Å². The van der Waals surface area contributed by atoms with Crippen LogP contribution in [0.5, 0.6) is 0 Å². The second kappa shape index (κ2) is 6.95. The molecule has 106 valence electrons. The van der Waals surface area contributed by atoms with Gasteiger partial charge < -0.3 is 20.1 Å². The smallest absolute Gasteiger partial charge is 0.410 e. The van der Waals surface area contributed by atoms with Crippen LogP contribution in [0.1, 0.15) is 40.0 Å². The van der Waals surface area contributed by atoms with Crippen molar-refractivity contribution in [2.24, 2.45) is 0 Å². The summed E-state index contributed by atoms with van der Waals surface area (Å²) < 4.78 is 5.40. The second-order valence-corrected chi connectivity index (χ2v) is 5.80. The van der Waals surface area contributed by atoms with Crippen LogP contribution in [0.25, 0.3) is 0 Å². The van der Waals surface area contributed by atoms with E-state index in [9.17, 15) is 4.79 Å². The molecule has 1 aliphatic rings. The van der Waals surface area contributed by atoms with Crippen LogP contribution in [0, 0.1) is 0 Å². The minimum atomic E-state index is -0.447. The average Bonchev–Trinajstić information content (AvgIpc) is 2.49. The fraction of sp³-hybridized carbons (Fsp3) is 0.923. The lowest BCUT2D eigenvalue weighted by Gasteiger charge is -2.28. The van der Waals surface area contributed by atoms with Crippen molar-refractivity contribution in [3.05, 3.63) is 0 Å². The molecule has 0 spiro atoms. The van der Waals surface area contributed by atoms with Gasteiger partial charge >= 0.3 is 6.09 Å². The first kappa shape index (κ1) is 15.2. The minimum absolute atomic E-state index is 0.128. The predicted molar refractivity (Wildman–Crippen MR) is 70.5 cm³/mol. The first-order valence-corrected chi connectivity index (χ1v) is 6.74. The van der Waals surface area contributed by atoms with Crippen molar-refractivity contribution in [3.8, 4) is 0 Å². The number of likely N-dealkylation sites (tertiary alicyclic amines) is 1. The molecule has 1 amide bonds. The van der Waals surface area contributed by atoms with Gasteiger partial charge in [-0.05, 0) is 33.6 Å². The van der Waals surface area contributed by atoms with Gasteiger partial charge in [-0.3, -0.25) is 0 Å². The molecule has 1 aliphatic heterocycles. The summed E-state index contributed by atoms with van der Waals surface area (Å²) in [5, 5.41) is 12.1. The Morgan fingerprint density at radius 3 is 2.78 bits per heavy atom. The molecule has 1 rings (SSSR count). The van der Waals surface area contributed by atoms with Gasteiger partial charge in [0.05, 0.1) is 6.61 Å². The highest BCUT2D eigenvalue weighted by molar-refractivity contribution is 5.68. The van der Waals surface area contributed by atoms with Crippen molar-refractivity contribution in [1.82, 2.24) is 10.2 Å². The van der Waals surface area contributed by atoms with Crippen molar-refractivity contribution in [2.75, 3.05) is 26.2 Å². The molecule has 0 aromatic rings. The highest BCUT2D eigenvalue weighted by atomic mass is 16.6. The van der Waals surface area contributed by atoms with Gasteiger partial charge in [0.25, 0.3) is 0 Å². The molecule has 1 atom stereocenters. The van der Waals surface area contributed by atoms with E-state index >= 15 is 0 Å². The Morgan fingerprint density at radius 1 is 1.44 bits per heavy atom. The number of nitrogens with zero attached hydrogens (tertiary/aromatic N) is 1. The number of amides is 1. The van der Waals surface area contributed by atoms with E-state index in [1.807, 2.05) is 20.8 Å². The minimum Gasteiger partial charge on any atom is -0.444 e. The van der Waals surface area contributed by atoms with Crippen LogP contribution >= 0.6 is 0 Å².